The SMILES string of the molecule is C=CCNC(=O)c1ccnc(N(Cc2ccccc2)c2ccccc2)c1. The Kier molecular flexibility index (Phi) is 5.78. The quantitative estimate of drug-likeness (QED) is 0.649. The van der Waals surface area contributed by atoms with E-state index >= 15 is 0 Å². The maximum Gasteiger partial charge on any atom is 0.251 e. The molecule has 0 radical (unpaired) electrons. The molecule has 0 bridgehead atoms. The molecule has 1 N–H and O–H groups in total. The van der Waals surface area contributed by atoms with Gasteiger partial charge in [0.15, 0.2) is 0 Å². The van der Waals surface area contributed by atoms with E-state index in [9.17, 15) is 4.79 Å². The van der Waals surface area contributed by atoms with E-state index in [0.29, 0.717) is 18.7 Å². The van der Waals surface area contributed by atoms with Gasteiger partial charge >= 0.3 is 0 Å². The Morgan fingerprint density at radius 1 is 1.04 bits per heavy atom. The Hall–Kier alpha value is -3.40. The summed E-state index contributed by atoms with van der Waals surface area (Å²) in [5.41, 5.74) is 2.76. The van der Waals surface area contributed by atoms with Gasteiger partial charge in [0, 0.05) is 30.5 Å². The summed E-state index contributed by atoms with van der Waals surface area (Å²) in [6.07, 6.45) is 3.32. The molecule has 1 heterocycles. The van der Waals surface area contributed by atoms with E-state index in [1.54, 1.807) is 18.3 Å². The molecule has 0 spiro atoms. The number of benzene rings is 2. The predicted molar refractivity (Wildman–Crippen MR) is 105 cm³/mol. The second-order valence-electron chi connectivity index (χ2n) is 5.81. The van der Waals surface area contributed by atoms with Crippen molar-refractivity contribution in [1.82, 2.24) is 10.3 Å². The summed E-state index contributed by atoms with van der Waals surface area (Å²) >= 11 is 0. The Morgan fingerprint density at radius 2 is 1.73 bits per heavy atom. The fraction of sp³-hybridized carbons (Fsp3) is 0.0909. The van der Waals surface area contributed by atoms with Gasteiger partial charge in [0.2, 0.25) is 0 Å². The second-order valence-corrected chi connectivity index (χ2v) is 5.81. The van der Waals surface area contributed by atoms with Gasteiger partial charge in [-0.05, 0) is 29.8 Å². The summed E-state index contributed by atoms with van der Waals surface area (Å²) in [7, 11) is 0. The van der Waals surface area contributed by atoms with E-state index in [4.69, 9.17) is 0 Å². The first-order chi connectivity index (χ1) is 12.8. The van der Waals surface area contributed by atoms with E-state index in [-0.39, 0.29) is 5.91 Å². The standard InChI is InChI=1S/C22H21N3O/c1-2-14-24-22(26)19-13-15-23-21(16-19)25(20-11-7-4-8-12-20)17-18-9-5-3-6-10-18/h2-13,15-16H,1,14,17H2,(H,24,26). The largest absolute Gasteiger partial charge is 0.349 e. The Labute approximate surface area is 153 Å². The number of nitrogens with zero attached hydrogens (tertiary/aromatic N) is 2. The van der Waals surface area contributed by atoms with Crippen LogP contribution in [0.3, 0.4) is 0 Å². The summed E-state index contributed by atoms with van der Waals surface area (Å²) in [4.78, 5) is 18.9. The average Bonchev–Trinajstić information content (AvgIpc) is 2.71. The lowest BCUT2D eigenvalue weighted by Gasteiger charge is -2.24. The molecule has 0 saturated heterocycles. The maximum atomic E-state index is 12.3. The fourth-order valence-corrected chi connectivity index (χ4v) is 2.65. The Morgan fingerprint density at radius 3 is 2.42 bits per heavy atom. The summed E-state index contributed by atoms with van der Waals surface area (Å²) in [6, 6.07) is 23.8. The number of hydrogen-bond acceptors (Lipinski definition) is 3. The van der Waals surface area contributed by atoms with Gasteiger partial charge in [-0.3, -0.25) is 4.79 Å². The topological polar surface area (TPSA) is 45.2 Å². The number of para-hydroxylation sites is 1. The molecule has 0 aliphatic rings. The van der Waals surface area contributed by atoms with E-state index < -0.39 is 0 Å². The molecule has 26 heavy (non-hydrogen) atoms. The van der Waals surface area contributed by atoms with Crippen molar-refractivity contribution in [2.75, 3.05) is 11.4 Å². The summed E-state index contributed by atoms with van der Waals surface area (Å²) in [5, 5.41) is 2.80. The highest BCUT2D eigenvalue weighted by Crippen LogP contribution is 2.26. The highest BCUT2D eigenvalue weighted by molar-refractivity contribution is 5.95. The Bertz CT molecular complexity index is 863. The van der Waals surface area contributed by atoms with Crippen LogP contribution in [0, 0.1) is 0 Å². The molecule has 130 valence electrons. The van der Waals surface area contributed by atoms with Crippen LogP contribution in [0.4, 0.5) is 11.5 Å². The van der Waals surface area contributed by atoms with Gasteiger partial charge < -0.3 is 10.2 Å². The number of hydrogen-bond donors (Lipinski definition) is 1. The number of pyridine rings is 1. The van der Waals surface area contributed by atoms with Crippen molar-refractivity contribution < 1.29 is 4.79 Å². The van der Waals surface area contributed by atoms with E-state index in [0.717, 1.165) is 11.5 Å². The molecule has 0 unspecified atom stereocenters. The second kappa shape index (κ2) is 8.62. The lowest BCUT2D eigenvalue weighted by Crippen LogP contribution is -2.24. The molecular formula is C22H21N3O. The normalized spacial score (nSPS) is 10.2. The van der Waals surface area contributed by atoms with Crippen molar-refractivity contribution in [3.63, 3.8) is 0 Å². The fourth-order valence-electron chi connectivity index (χ4n) is 2.65. The minimum Gasteiger partial charge on any atom is -0.349 e. The molecule has 0 aliphatic heterocycles. The molecule has 3 aromatic rings. The smallest absolute Gasteiger partial charge is 0.251 e. The molecule has 0 aliphatic carbocycles. The van der Waals surface area contributed by atoms with Gasteiger partial charge in [0.25, 0.3) is 5.91 Å². The van der Waals surface area contributed by atoms with E-state index in [1.165, 1.54) is 5.56 Å². The van der Waals surface area contributed by atoms with Crippen molar-refractivity contribution in [3.8, 4) is 0 Å². The van der Waals surface area contributed by atoms with Crippen LogP contribution in [0.15, 0.2) is 91.6 Å². The lowest BCUT2D eigenvalue weighted by molar-refractivity contribution is 0.0958. The van der Waals surface area contributed by atoms with Gasteiger partial charge in [-0.25, -0.2) is 4.98 Å². The van der Waals surface area contributed by atoms with Crippen LogP contribution in [-0.4, -0.2) is 17.4 Å². The molecule has 1 aromatic heterocycles. The highest BCUT2D eigenvalue weighted by Gasteiger charge is 2.14. The summed E-state index contributed by atoms with van der Waals surface area (Å²) in [6.45, 7) is 4.72. The maximum absolute atomic E-state index is 12.3. The molecule has 4 heteroatoms. The molecule has 4 nitrogen and oxygen atoms in total. The first kappa shape index (κ1) is 17.4. The van der Waals surface area contributed by atoms with Crippen molar-refractivity contribution in [2.24, 2.45) is 0 Å². The Balaban J connectivity index is 1.94. The zero-order chi connectivity index (χ0) is 18.2. The first-order valence-electron chi connectivity index (χ1n) is 8.49. The number of carbonyl (C=O) groups excluding carboxylic acids is 1. The summed E-state index contributed by atoms with van der Waals surface area (Å²) in [5.74, 6) is 0.590. The average molecular weight is 343 g/mol. The van der Waals surface area contributed by atoms with Crippen molar-refractivity contribution in [1.29, 1.82) is 0 Å². The molecule has 0 atom stereocenters. The van der Waals surface area contributed by atoms with Crippen LogP contribution >= 0.6 is 0 Å². The summed E-state index contributed by atoms with van der Waals surface area (Å²) < 4.78 is 0. The van der Waals surface area contributed by atoms with Crippen LogP contribution in [0.25, 0.3) is 0 Å². The highest BCUT2D eigenvalue weighted by atomic mass is 16.1. The zero-order valence-electron chi connectivity index (χ0n) is 14.5. The number of nitrogens with one attached hydrogen (secondary N) is 1. The monoisotopic (exact) mass is 343 g/mol. The van der Waals surface area contributed by atoms with Gasteiger partial charge in [-0.15, -0.1) is 6.58 Å². The predicted octanol–water partition coefficient (Wildman–Crippen LogP) is 4.34. The number of anilines is 2. The van der Waals surface area contributed by atoms with Gasteiger partial charge in [0.1, 0.15) is 5.82 Å². The number of amides is 1. The third kappa shape index (κ3) is 4.36. The molecule has 2 aromatic carbocycles. The zero-order valence-corrected chi connectivity index (χ0v) is 14.5. The van der Waals surface area contributed by atoms with E-state index in [1.807, 2.05) is 54.6 Å². The van der Waals surface area contributed by atoms with Crippen LogP contribution < -0.4 is 10.2 Å². The lowest BCUT2D eigenvalue weighted by atomic mass is 10.1. The molecular weight excluding hydrogens is 322 g/mol. The number of carbonyl (C=O) groups is 1. The van der Waals surface area contributed by atoms with Crippen LogP contribution in [0.2, 0.25) is 0 Å². The minimum atomic E-state index is -0.138. The van der Waals surface area contributed by atoms with Gasteiger partial charge in [-0.1, -0.05) is 54.6 Å². The van der Waals surface area contributed by atoms with Crippen LogP contribution in [-0.2, 0) is 6.54 Å². The third-order valence-corrected chi connectivity index (χ3v) is 3.94. The van der Waals surface area contributed by atoms with Gasteiger partial charge in [-0.2, -0.15) is 0 Å². The number of rotatable bonds is 7. The molecule has 1 amide bonds. The number of aromatic nitrogens is 1. The van der Waals surface area contributed by atoms with E-state index in [2.05, 4.69) is 33.9 Å². The molecule has 0 fully saturated rings. The minimum absolute atomic E-state index is 0.138. The molecule has 0 saturated carbocycles. The van der Waals surface area contributed by atoms with Crippen molar-refractivity contribution >= 4 is 17.4 Å². The third-order valence-electron chi connectivity index (χ3n) is 3.94. The molecule has 3 rings (SSSR count). The van der Waals surface area contributed by atoms with Crippen LogP contribution in [0.5, 0.6) is 0 Å². The first-order valence-corrected chi connectivity index (χ1v) is 8.49. The van der Waals surface area contributed by atoms with Crippen molar-refractivity contribution in [2.45, 2.75) is 6.54 Å². The van der Waals surface area contributed by atoms with Gasteiger partial charge in [0.05, 0.1) is 0 Å². The van der Waals surface area contributed by atoms with Crippen molar-refractivity contribution in [3.05, 3.63) is 103 Å². The van der Waals surface area contributed by atoms with Crippen LogP contribution in [0.1, 0.15) is 15.9 Å².